The van der Waals surface area contributed by atoms with Crippen LogP contribution in [0.4, 0.5) is 0 Å². The van der Waals surface area contributed by atoms with Gasteiger partial charge >= 0.3 is 0 Å². The first kappa shape index (κ1) is 13.9. The van der Waals surface area contributed by atoms with E-state index < -0.39 is 0 Å². The van der Waals surface area contributed by atoms with Crippen LogP contribution in [-0.4, -0.2) is 10.2 Å². The number of allylic oxidation sites excluding steroid dienone is 2. The summed E-state index contributed by atoms with van der Waals surface area (Å²) in [6, 6.07) is 0. The molecule has 88 valence electrons. The Morgan fingerprint density at radius 1 is 0.933 bits per heavy atom. The molecule has 0 aliphatic heterocycles. The smallest absolute Gasteiger partial charge is 0.138 e. The van der Waals surface area contributed by atoms with Gasteiger partial charge in [0, 0.05) is 12.8 Å². The van der Waals surface area contributed by atoms with Crippen molar-refractivity contribution in [3.63, 3.8) is 0 Å². The zero-order valence-corrected chi connectivity index (χ0v) is 10.0. The number of hydrogen-bond acceptors (Lipinski definition) is 3. The lowest BCUT2D eigenvalue weighted by molar-refractivity contribution is 0.225. The Morgan fingerprint density at radius 3 is 1.47 bits per heavy atom. The van der Waals surface area contributed by atoms with Gasteiger partial charge in [-0.15, -0.1) is 0 Å². The fourth-order valence-corrected chi connectivity index (χ4v) is 1.21. The summed E-state index contributed by atoms with van der Waals surface area (Å²) in [6.07, 6.45) is 3.24. The normalized spacial score (nSPS) is 13.7. The molecule has 0 amide bonds. The lowest BCUT2D eigenvalue weighted by atomic mass is 10.1. The molecule has 0 spiro atoms. The monoisotopic (exact) mass is 214 g/mol. The third-order valence-corrected chi connectivity index (χ3v) is 1.77. The van der Waals surface area contributed by atoms with Crippen molar-refractivity contribution in [1.29, 1.82) is 0 Å². The molecular formula is C12H22O3. The molecule has 0 heterocycles. The Bertz CT molecular complexity index is 203. The van der Waals surface area contributed by atoms with Crippen molar-refractivity contribution in [3.8, 4) is 0 Å². The van der Waals surface area contributed by atoms with Crippen LogP contribution >= 0.6 is 0 Å². The first-order chi connectivity index (χ1) is 6.99. The molecule has 0 atom stereocenters. The summed E-state index contributed by atoms with van der Waals surface area (Å²) in [5.41, 5.74) is 0. The topological polar surface area (TPSA) is 49.7 Å². The van der Waals surface area contributed by atoms with Gasteiger partial charge in [0.1, 0.15) is 24.0 Å². The van der Waals surface area contributed by atoms with Gasteiger partial charge in [-0.1, -0.05) is 27.7 Å². The summed E-state index contributed by atoms with van der Waals surface area (Å²) in [4.78, 5) is 0. The van der Waals surface area contributed by atoms with Crippen LogP contribution in [0.15, 0.2) is 24.0 Å². The lowest BCUT2D eigenvalue weighted by Crippen LogP contribution is -2.01. The summed E-state index contributed by atoms with van der Waals surface area (Å²) in [5, 5.41) is 17.9. The maximum Gasteiger partial charge on any atom is 0.138 e. The second-order valence-electron chi connectivity index (χ2n) is 4.49. The van der Waals surface area contributed by atoms with Crippen molar-refractivity contribution in [3.05, 3.63) is 24.0 Å². The molecule has 0 aromatic carbocycles. The lowest BCUT2D eigenvalue weighted by Gasteiger charge is -2.14. The Hall–Kier alpha value is -1.12. The summed E-state index contributed by atoms with van der Waals surface area (Å²) in [5.74, 6) is 1.79. The standard InChI is InChI=1S/C12H22O3/c1-9(2)5-11(7-13)15-12(8-14)6-10(3)4/h7-10,13-14H,5-6H2,1-4H3. The first-order valence-electron chi connectivity index (χ1n) is 5.34. The molecule has 3 nitrogen and oxygen atoms in total. The minimum absolute atomic E-state index is 0.405. The van der Waals surface area contributed by atoms with E-state index in [4.69, 9.17) is 14.9 Å². The Labute approximate surface area is 92.1 Å². The zero-order valence-electron chi connectivity index (χ0n) is 10.0. The number of rotatable bonds is 6. The molecule has 0 aromatic heterocycles. The predicted octanol–water partition coefficient (Wildman–Crippen LogP) is 3.89. The van der Waals surface area contributed by atoms with Gasteiger partial charge in [0.2, 0.25) is 0 Å². The van der Waals surface area contributed by atoms with Crippen molar-refractivity contribution in [2.45, 2.75) is 40.5 Å². The van der Waals surface area contributed by atoms with Crippen LogP contribution in [0.2, 0.25) is 0 Å². The van der Waals surface area contributed by atoms with Gasteiger partial charge in [-0.25, -0.2) is 0 Å². The summed E-state index contributed by atoms with van der Waals surface area (Å²) in [6.45, 7) is 8.16. The number of aliphatic hydroxyl groups is 2. The Balaban J connectivity index is 4.27. The molecule has 15 heavy (non-hydrogen) atoms. The average molecular weight is 214 g/mol. The van der Waals surface area contributed by atoms with Gasteiger partial charge < -0.3 is 14.9 Å². The van der Waals surface area contributed by atoms with E-state index in [-0.39, 0.29) is 0 Å². The molecule has 0 unspecified atom stereocenters. The van der Waals surface area contributed by atoms with E-state index in [0.29, 0.717) is 36.2 Å². The molecule has 2 N–H and O–H groups in total. The van der Waals surface area contributed by atoms with Crippen LogP contribution in [-0.2, 0) is 4.74 Å². The van der Waals surface area contributed by atoms with E-state index in [1.807, 2.05) is 27.7 Å². The fraction of sp³-hybridized carbons (Fsp3) is 0.667. The number of ether oxygens (including phenoxy) is 1. The Morgan fingerprint density at radius 2 is 1.27 bits per heavy atom. The van der Waals surface area contributed by atoms with Gasteiger partial charge in [0.15, 0.2) is 0 Å². The van der Waals surface area contributed by atoms with Gasteiger partial charge in [0.25, 0.3) is 0 Å². The summed E-state index contributed by atoms with van der Waals surface area (Å²) in [7, 11) is 0. The van der Waals surface area contributed by atoms with Crippen LogP contribution in [0.3, 0.4) is 0 Å². The van der Waals surface area contributed by atoms with E-state index in [9.17, 15) is 0 Å². The molecule has 0 aromatic rings. The third kappa shape index (κ3) is 6.89. The van der Waals surface area contributed by atoms with E-state index >= 15 is 0 Å². The van der Waals surface area contributed by atoms with Crippen molar-refractivity contribution in [1.82, 2.24) is 0 Å². The summed E-state index contributed by atoms with van der Waals surface area (Å²) >= 11 is 0. The molecule has 0 aliphatic rings. The van der Waals surface area contributed by atoms with Crippen LogP contribution < -0.4 is 0 Å². The van der Waals surface area contributed by atoms with E-state index in [1.165, 1.54) is 0 Å². The second-order valence-corrected chi connectivity index (χ2v) is 4.49. The number of aliphatic hydroxyl groups excluding tert-OH is 2. The third-order valence-electron chi connectivity index (χ3n) is 1.77. The SMILES string of the molecule is CC(C)CC(=CO)OC(=CO)CC(C)C. The minimum Gasteiger partial charge on any atom is -0.512 e. The van der Waals surface area contributed by atoms with Gasteiger partial charge in [-0.05, 0) is 11.8 Å². The van der Waals surface area contributed by atoms with Gasteiger partial charge in [-0.3, -0.25) is 0 Å². The van der Waals surface area contributed by atoms with E-state index in [1.54, 1.807) is 0 Å². The van der Waals surface area contributed by atoms with E-state index in [0.717, 1.165) is 12.5 Å². The largest absolute Gasteiger partial charge is 0.512 e. The van der Waals surface area contributed by atoms with Gasteiger partial charge in [-0.2, -0.15) is 0 Å². The van der Waals surface area contributed by atoms with Crippen LogP contribution in [0.25, 0.3) is 0 Å². The molecule has 0 fully saturated rings. The minimum atomic E-state index is 0.405. The Kier molecular flexibility index (Phi) is 6.67. The zero-order chi connectivity index (χ0) is 11.8. The van der Waals surface area contributed by atoms with Crippen molar-refractivity contribution in [2.75, 3.05) is 0 Å². The molecule has 0 rings (SSSR count). The van der Waals surface area contributed by atoms with Crippen LogP contribution in [0.1, 0.15) is 40.5 Å². The second kappa shape index (κ2) is 7.21. The van der Waals surface area contributed by atoms with Crippen molar-refractivity contribution in [2.24, 2.45) is 11.8 Å². The summed E-state index contributed by atoms with van der Waals surface area (Å²) < 4.78 is 5.39. The number of hydrogen-bond donors (Lipinski definition) is 2. The van der Waals surface area contributed by atoms with Gasteiger partial charge in [0.05, 0.1) is 0 Å². The molecular weight excluding hydrogens is 192 g/mol. The highest BCUT2D eigenvalue weighted by Gasteiger charge is 2.08. The maximum absolute atomic E-state index is 8.96. The first-order valence-corrected chi connectivity index (χ1v) is 5.34. The molecule has 0 radical (unpaired) electrons. The highest BCUT2D eigenvalue weighted by Crippen LogP contribution is 2.19. The van der Waals surface area contributed by atoms with Crippen molar-refractivity contribution >= 4 is 0 Å². The van der Waals surface area contributed by atoms with Crippen molar-refractivity contribution < 1.29 is 14.9 Å². The van der Waals surface area contributed by atoms with Crippen LogP contribution in [0.5, 0.6) is 0 Å². The quantitative estimate of drug-likeness (QED) is 0.659. The van der Waals surface area contributed by atoms with Crippen LogP contribution in [0, 0.1) is 11.8 Å². The molecule has 3 heteroatoms. The predicted molar refractivity (Wildman–Crippen MR) is 61.4 cm³/mol. The fourth-order valence-electron chi connectivity index (χ4n) is 1.21. The molecule has 0 saturated heterocycles. The molecule has 0 saturated carbocycles. The highest BCUT2D eigenvalue weighted by atomic mass is 16.5. The molecule has 0 aliphatic carbocycles. The molecule has 0 bridgehead atoms. The maximum atomic E-state index is 8.96. The average Bonchev–Trinajstić information content (AvgIpc) is 2.14. The van der Waals surface area contributed by atoms with E-state index in [2.05, 4.69) is 0 Å². The highest BCUT2D eigenvalue weighted by molar-refractivity contribution is 4.98.